The molecule has 0 unspecified atom stereocenters. The summed E-state index contributed by atoms with van der Waals surface area (Å²) < 4.78 is 0. The zero-order valence-corrected chi connectivity index (χ0v) is 10.9. The van der Waals surface area contributed by atoms with Crippen LogP contribution in [0.15, 0.2) is 11.3 Å². The molecular weight excluding hydrogens is 208 g/mol. The molecular formula is C15H22N2. The van der Waals surface area contributed by atoms with Gasteiger partial charge in [-0.3, -0.25) is 0 Å². The lowest BCUT2D eigenvalue weighted by Gasteiger charge is -2.54. The molecule has 92 valence electrons. The van der Waals surface area contributed by atoms with Gasteiger partial charge >= 0.3 is 0 Å². The first-order chi connectivity index (χ1) is 8.17. The summed E-state index contributed by atoms with van der Waals surface area (Å²) in [5.41, 5.74) is 1.95. The van der Waals surface area contributed by atoms with Gasteiger partial charge in [-0.25, -0.2) is 0 Å². The van der Waals surface area contributed by atoms with Gasteiger partial charge in [-0.15, -0.1) is 0 Å². The fourth-order valence-electron chi connectivity index (χ4n) is 4.60. The van der Waals surface area contributed by atoms with Gasteiger partial charge in [-0.1, -0.05) is 0 Å². The fourth-order valence-corrected chi connectivity index (χ4v) is 4.60. The van der Waals surface area contributed by atoms with Crippen LogP contribution in [0.4, 0.5) is 0 Å². The van der Waals surface area contributed by atoms with E-state index in [9.17, 15) is 0 Å². The van der Waals surface area contributed by atoms with Crippen molar-refractivity contribution in [2.75, 3.05) is 0 Å². The van der Waals surface area contributed by atoms with Crippen molar-refractivity contribution in [3.8, 4) is 6.07 Å². The normalized spacial score (nSPS) is 44.2. The molecule has 4 aliphatic rings. The quantitative estimate of drug-likeness (QED) is 0.739. The summed E-state index contributed by atoms with van der Waals surface area (Å²) in [4.78, 5) is 0. The Kier molecular flexibility index (Phi) is 2.65. The molecule has 1 N–H and O–H groups in total. The van der Waals surface area contributed by atoms with E-state index in [-0.39, 0.29) is 0 Å². The summed E-state index contributed by atoms with van der Waals surface area (Å²) in [5, 5.41) is 12.6. The third-order valence-electron chi connectivity index (χ3n) is 5.34. The maximum atomic E-state index is 8.94. The molecule has 4 rings (SSSR count). The van der Waals surface area contributed by atoms with Gasteiger partial charge in [0, 0.05) is 17.3 Å². The first-order valence-corrected chi connectivity index (χ1v) is 7.01. The van der Waals surface area contributed by atoms with Crippen LogP contribution in [0.2, 0.25) is 0 Å². The predicted octanol–water partition coefficient (Wildman–Crippen LogP) is 3.22. The highest BCUT2D eigenvalue weighted by molar-refractivity contribution is 5.24. The first kappa shape index (κ1) is 11.1. The summed E-state index contributed by atoms with van der Waals surface area (Å²) >= 11 is 0. The summed E-state index contributed by atoms with van der Waals surface area (Å²) in [6.45, 7) is 3.97. The van der Waals surface area contributed by atoms with Gasteiger partial charge in [-0.05, 0) is 69.6 Å². The van der Waals surface area contributed by atoms with E-state index in [4.69, 9.17) is 5.26 Å². The SMILES string of the molecule is C/C(C#N)=C(/C)NC1C2CC3CC(C2)CC1C3. The fraction of sp³-hybridized carbons (Fsp3) is 0.800. The van der Waals surface area contributed by atoms with E-state index in [1.54, 1.807) is 0 Å². The lowest BCUT2D eigenvalue weighted by Crippen LogP contribution is -2.54. The van der Waals surface area contributed by atoms with E-state index in [1.165, 1.54) is 32.1 Å². The van der Waals surface area contributed by atoms with Crippen LogP contribution in [-0.2, 0) is 0 Å². The standard InChI is InChI=1S/C15H22N2/c1-9(8-16)10(2)17-15-13-4-11-3-12(6-13)7-14(15)5-11/h11-15,17H,3-7H2,1-2H3/b10-9+. The second-order valence-corrected chi connectivity index (χ2v) is 6.46. The van der Waals surface area contributed by atoms with Crippen LogP contribution < -0.4 is 5.32 Å². The Morgan fingerprint density at radius 2 is 1.53 bits per heavy atom. The number of nitriles is 1. The van der Waals surface area contributed by atoms with Crippen molar-refractivity contribution in [1.29, 1.82) is 5.26 Å². The number of nitrogens with one attached hydrogen (secondary N) is 1. The summed E-state index contributed by atoms with van der Waals surface area (Å²) in [5.74, 6) is 3.81. The minimum atomic E-state index is 0.658. The first-order valence-electron chi connectivity index (χ1n) is 7.01. The molecule has 0 saturated heterocycles. The van der Waals surface area contributed by atoms with Crippen molar-refractivity contribution < 1.29 is 0 Å². The number of rotatable bonds is 2. The van der Waals surface area contributed by atoms with E-state index in [1.807, 2.05) is 6.92 Å². The number of nitrogens with zero attached hydrogens (tertiary/aromatic N) is 1. The molecule has 0 aromatic heterocycles. The van der Waals surface area contributed by atoms with Gasteiger partial charge in [0.15, 0.2) is 0 Å². The number of allylic oxidation sites excluding steroid dienone is 2. The Balaban J connectivity index is 1.75. The maximum Gasteiger partial charge on any atom is 0.0962 e. The molecule has 17 heavy (non-hydrogen) atoms. The van der Waals surface area contributed by atoms with Crippen LogP contribution in [0.5, 0.6) is 0 Å². The molecule has 4 aliphatic carbocycles. The molecule has 4 saturated carbocycles. The van der Waals surface area contributed by atoms with E-state index >= 15 is 0 Å². The van der Waals surface area contributed by atoms with Gasteiger partial charge in [0.25, 0.3) is 0 Å². The summed E-state index contributed by atoms with van der Waals surface area (Å²) in [6.07, 6.45) is 7.24. The average Bonchev–Trinajstić information content (AvgIpc) is 2.31. The lowest BCUT2D eigenvalue weighted by atomic mass is 9.54. The Morgan fingerprint density at radius 3 is 2.00 bits per heavy atom. The Hall–Kier alpha value is -0.970. The third-order valence-corrected chi connectivity index (χ3v) is 5.34. The molecule has 0 heterocycles. The Morgan fingerprint density at radius 1 is 1.00 bits per heavy atom. The van der Waals surface area contributed by atoms with Crippen LogP contribution in [0.1, 0.15) is 46.0 Å². The van der Waals surface area contributed by atoms with Crippen molar-refractivity contribution in [3.05, 3.63) is 11.3 Å². The minimum absolute atomic E-state index is 0.658. The van der Waals surface area contributed by atoms with E-state index in [0.717, 1.165) is 34.9 Å². The molecule has 0 spiro atoms. The molecule has 4 fully saturated rings. The third kappa shape index (κ3) is 1.86. The highest BCUT2D eigenvalue weighted by Crippen LogP contribution is 2.53. The van der Waals surface area contributed by atoms with Crippen molar-refractivity contribution in [1.82, 2.24) is 5.32 Å². The Bertz CT molecular complexity index is 360. The highest BCUT2D eigenvalue weighted by Gasteiger charge is 2.48. The molecule has 4 bridgehead atoms. The van der Waals surface area contributed by atoms with Crippen LogP contribution in [-0.4, -0.2) is 6.04 Å². The van der Waals surface area contributed by atoms with Gasteiger partial charge in [-0.2, -0.15) is 5.26 Å². The second-order valence-electron chi connectivity index (χ2n) is 6.46. The van der Waals surface area contributed by atoms with Crippen molar-refractivity contribution in [3.63, 3.8) is 0 Å². The molecule has 0 atom stereocenters. The number of hydrogen-bond acceptors (Lipinski definition) is 2. The largest absolute Gasteiger partial charge is 0.384 e. The average molecular weight is 230 g/mol. The smallest absolute Gasteiger partial charge is 0.0962 e. The van der Waals surface area contributed by atoms with E-state index in [2.05, 4.69) is 18.3 Å². The second kappa shape index (κ2) is 4.05. The van der Waals surface area contributed by atoms with E-state index < -0.39 is 0 Å². The van der Waals surface area contributed by atoms with Gasteiger partial charge in [0.2, 0.25) is 0 Å². The van der Waals surface area contributed by atoms with Crippen molar-refractivity contribution in [2.45, 2.75) is 52.0 Å². The highest BCUT2D eigenvalue weighted by atomic mass is 15.0. The predicted molar refractivity (Wildman–Crippen MR) is 68.0 cm³/mol. The zero-order valence-electron chi connectivity index (χ0n) is 10.9. The molecule has 0 radical (unpaired) electrons. The topological polar surface area (TPSA) is 35.8 Å². The molecule has 0 aromatic carbocycles. The van der Waals surface area contributed by atoms with Crippen molar-refractivity contribution >= 4 is 0 Å². The van der Waals surface area contributed by atoms with Crippen LogP contribution in [0.25, 0.3) is 0 Å². The molecule has 0 amide bonds. The number of hydrogen-bond donors (Lipinski definition) is 1. The molecule has 0 aromatic rings. The van der Waals surface area contributed by atoms with Gasteiger partial charge in [0.1, 0.15) is 0 Å². The van der Waals surface area contributed by atoms with Crippen LogP contribution in [0.3, 0.4) is 0 Å². The van der Waals surface area contributed by atoms with Gasteiger partial charge < -0.3 is 5.32 Å². The van der Waals surface area contributed by atoms with Crippen molar-refractivity contribution in [2.24, 2.45) is 23.7 Å². The zero-order chi connectivity index (χ0) is 12.0. The van der Waals surface area contributed by atoms with Crippen LogP contribution >= 0.6 is 0 Å². The Labute approximate surface area is 104 Å². The maximum absolute atomic E-state index is 8.94. The lowest BCUT2D eigenvalue weighted by molar-refractivity contribution is -0.0102. The minimum Gasteiger partial charge on any atom is -0.384 e. The summed E-state index contributed by atoms with van der Waals surface area (Å²) in [6, 6.07) is 2.91. The monoisotopic (exact) mass is 230 g/mol. The summed E-state index contributed by atoms with van der Waals surface area (Å²) in [7, 11) is 0. The molecule has 0 aliphatic heterocycles. The van der Waals surface area contributed by atoms with Crippen LogP contribution in [0, 0.1) is 35.0 Å². The molecule has 2 heteroatoms. The molecule has 2 nitrogen and oxygen atoms in total. The van der Waals surface area contributed by atoms with E-state index in [0.29, 0.717) is 6.04 Å². The van der Waals surface area contributed by atoms with Gasteiger partial charge in [0.05, 0.1) is 6.07 Å².